The number of benzene rings is 2. The first-order valence-electron chi connectivity index (χ1n) is 11.7. The number of nitrogens with zero attached hydrogens (tertiary/aromatic N) is 5. The van der Waals surface area contributed by atoms with Gasteiger partial charge in [0.25, 0.3) is 0 Å². The number of rotatable bonds is 5. The first-order valence-corrected chi connectivity index (χ1v) is 11.7. The van der Waals surface area contributed by atoms with Crippen LogP contribution in [0.1, 0.15) is 5.56 Å². The van der Waals surface area contributed by atoms with Gasteiger partial charge in [-0.1, -0.05) is 54.6 Å². The van der Waals surface area contributed by atoms with Crippen LogP contribution in [-0.4, -0.2) is 84.1 Å². The molecule has 2 aliphatic rings. The van der Waals surface area contributed by atoms with E-state index in [1.165, 1.54) is 0 Å². The zero-order chi connectivity index (χ0) is 22.5. The summed E-state index contributed by atoms with van der Waals surface area (Å²) in [4.78, 5) is 29.2. The number of piperazine rings is 2. The average molecular weight is 443 g/mol. The highest BCUT2D eigenvalue weighted by Gasteiger charge is 2.31. The molecule has 170 valence electrons. The van der Waals surface area contributed by atoms with Gasteiger partial charge in [-0.15, -0.1) is 0 Å². The van der Waals surface area contributed by atoms with Crippen molar-refractivity contribution in [1.82, 2.24) is 25.1 Å². The normalized spacial score (nSPS) is 18.7. The molecule has 2 saturated heterocycles. The lowest BCUT2D eigenvalue weighted by molar-refractivity contribution is -0.135. The Kier molecular flexibility index (Phi) is 6.60. The van der Waals surface area contributed by atoms with E-state index in [0.29, 0.717) is 13.1 Å². The van der Waals surface area contributed by atoms with Crippen molar-refractivity contribution in [2.45, 2.75) is 6.04 Å². The largest absolute Gasteiger partial charge is 0.352 e. The fourth-order valence-corrected chi connectivity index (χ4v) is 4.66. The van der Waals surface area contributed by atoms with Gasteiger partial charge in [-0.3, -0.25) is 9.69 Å². The van der Waals surface area contributed by atoms with Crippen LogP contribution in [0.3, 0.4) is 0 Å². The third kappa shape index (κ3) is 4.89. The zero-order valence-corrected chi connectivity index (χ0v) is 18.8. The van der Waals surface area contributed by atoms with Gasteiger partial charge in [-0.05, 0) is 17.7 Å². The second kappa shape index (κ2) is 10.1. The maximum atomic E-state index is 13.6. The van der Waals surface area contributed by atoms with Gasteiger partial charge in [-0.2, -0.15) is 0 Å². The lowest BCUT2D eigenvalue weighted by atomic mass is 10.1. The van der Waals surface area contributed by atoms with Crippen molar-refractivity contribution in [3.63, 3.8) is 0 Å². The van der Waals surface area contributed by atoms with Gasteiger partial charge >= 0.3 is 0 Å². The van der Waals surface area contributed by atoms with Crippen molar-refractivity contribution < 1.29 is 4.79 Å². The molecular weight excluding hydrogens is 412 g/mol. The lowest BCUT2D eigenvalue weighted by Crippen LogP contribution is -2.57. The monoisotopic (exact) mass is 442 g/mol. The van der Waals surface area contributed by atoms with Gasteiger partial charge < -0.3 is 15.1 Å². The van der Waals surface area contributed by atoms with E-state index in [2.05, 4.69) is 55.4 Å². The van der Waals surface area contributed by atoms with E-state index in [1.54, 1.807) is 6.33 Å². The van der Waals surface area contributed by atoms with Crippen LogP contribution in [-0.2, 0) is 4.79 Å². The minimum atomic E-state index is -0.237. The van der Waals surface area contributed by atoms with Crippen LogP contribution in [0.25, 0.3) is 17.0 Å². The second-order valence-corrected chi connectivity index (χ2v) is 8.53. The SMILES string of the molecule is O=C(C(/C=C/c1ccccc1)N1CCNCC1)N1CCN(c2ncnc3ccccc23)CC1. The predicted octanol–water partition coefficient (Wildman–Crippen LogP) is 2.27. The van der Waals surface area contributed by atoms with Crippen molar-refractivity contribution in [3.05, 3.63) is 72.6 Å². The van der Waals surface area contributed by atoms with Crippen LogP contribution < -0.4 is 10.2 Å². The Bertz CT molecular complexity index is 1100. The van der Waals surface area contributed by atoms with Crippen LogP contribution >= 0.6 is 0 Å². The van der Waals surface area contributed by atoms with E-state index < -0.39 is 0 Å². The Balaban J connectivity index is 1.30. The summed E-state index contributed by atoms with van der Waals surface area (Å²) in [5, 5.41) is 4.45. The molecule has 7 nitrogen and oxygen atoms in total. The molecular formula is C26H30N6O. The van der Waals surface area contributed by atoms with Crippen molar-refractivity contribution >= 4 is 28.7 Å². The molecule has 5 rings (SSSR count). The Morgan fingerprint density at radius 2 is 1.61 bits per heavy atom. The minimum absolute atomic E-state index is 0.191. The standard InChI is InChI=1S/C26H30N6O/c33-26(24(30-14-12-27-13-15-30)11-10-21-6-2-1-3-7-21)32-18-16-31(17-19-32)25-22-8-4-5-9-23(22)28-20-29-25/h1-11,20,24,27H,12-19H2/b11-10+. The summed E-state index contributed by atoms with van der Waals surface area (Å²) in [5.74, 6) is 1.15. The number of carbonyl (C=O) groups is 1. The maximum Gasteiger partial charge on any atom is 0.244 e. The van der Waals surface area contributed by atoms with Crippen LogP contribution in [0.5, 0.6) is 0 Å². The van der Waals surface area contributed by atoms with Crippen molar-refractivity contribution in [2.24, 2.45) is 0 Å². The lowest BCUT2D eigenvalue weighted by Gasteiger charge is -2.40. The molecule has 2 aromatic carbocycles. The molecule has 1 amide bonds. The van der Waals surface area contributed by atoms with E-state index in [9.17, 15) is 4.79 Å². The fourth-order valence-electron chi connectivity index (χ4n) is 4.66. The van der Waals surface area contributed by atoms with E-state index in [1.807, 2.05) is 41.3 Å². The second-order valence-electron chi connectivity index (χ2n) is 8.53. The molecule has 2 fully saturated rings. The molecule has 0 radical (unpaired) electrons. The molecule has 0 aliphatic carbocycles. The van der Waals surface area contributed by atoms with Gasteiger partial charge in [0.15, 0.2) is 0 Å². The molecule has 1 aromatic heterocycles. The summed E-state index contributed by atoms with van der Waals surface area (Å²) in [5.41, 5.74) is 2.07. The first kappa shape index (κ1) is 21.6. The number of aromatic nitrogens is 2. The molecule has 1 atom stereocenters. The molecule has 7 heteroatoms. The number of anilines is 1. The number of para-hydroxylation sites is 1. The summed E-state index contributed by atoms with van der Waals surface area (Å²) >= 11 is 0. The topological polar surface area (TPSA) is 64.6 Å². The van der Waals surface area contributed by atoms with Crippen molar-refractivity contribution in [3.8, 4) is 0 Å². The highest BCUT2D eigenvalue weighted by atomic mass is 16.2. The van der Waals surface area contributed by atoms with Gasteiger partial charge in [0, 0.05) is 57.7 Å². The number of carbonyl (C=O) groups excluding carboxylic acids is 1. The highest BCUT2D eigenvalue weighted by Crippen LogP contribution is 2.24. The van der Waals surface area contributed by atoms with E-state index in [-0.39, 0.29) is 11.9 Å². The quantitative estimate of drug-likeness (QED) is 0.654. The molecule has 2 aliphatic heterocycles. The first-order chi connectivity index (χ1) is 16.3. The summed E-state index contributed by atoms with van der Waals surface area (Å²) in [6.45, 7) is 6.50. The maximum absolute atomic E-state index is 13.6. The van der Waals surface area contributed by atoms with Gasteiger partial charge in [0.2, 0.25) is 5.91 Å². The number of hydrogen-bond donors (Lipinski definition) is 1. The van der Waals surface area contributed by atoms with E-state index >= 15 is 0 Å². The molecule has 0 saturated carbocycles. The Hall–Kier alpha value is -3.29. The number of amides is 1. The van der Waals surface area contributed by atoms with E-state index in [0.717, 1.165) is 61.6 Å². The number of nitrogens with one attached hydrogen (secondary N) is 1. The van der Waals surface area contributed by atoms with Crippen LogP contribution in [0.2, 0.25) is 0 Å². The smallest absolute Gasteiger partial charge is 0.244 e. The third-order valence-corrected chi connectivity index (χ3v) is 6.48. The zero-order valence-electron chi connectivity index (χ0n) is 18.8. The van der Waals surface area contributed by atoms with Crippen LogP contribution in [0, 0.1) is 0 Å². The highest BCUT2D eigenvalue weighted by molar-refractivity contribution is 5.89. The fraction of sp³-hybridized carbons (Fsp3) is 0.346. The van der Waals surface area contributed by atoms with Gasteiger partial charge in [0.1, 0.15) is 18.2 Å². The van der Waals surface area contributed by atoms with Crippen molar-refractivity contribution in [2.75, 3.05) is 57.3 Å². The summed E-state index contributed by atoms with van der Waals surface area (Å²) in [6, 6.07) is 18.1. The van der Waals surface area contributed by atoms with E-state index in [4.69, 9.17) is 0 Å². The summed E-state index contributed by atoms with van der Waals surface area (Å²) in [7, 11) is 0. The van der Waals surface area contributed by atoms with Crippen LogP contribution in [0.15, 0.2) is 67.0 Å². The van der Waals surface area contributed by atoms with Gasteiger partial charge in [-0.25, -0.2) is 9.97 Å². The Morgan fingerprint density at radius 1 is 0.879 bits per heavy atom. The average Bonchev–Trinajstić information content (AvgIpc) is 2.90. The third-order valence-electron chi connectivity index (χ3n) is 6.48. The number of hydrogen-bond acceptors (Lipinski definition) is 6. The molecule has 0 bridgehead atoms. The summed E-state index contributed by atoms with van der Waals surface area (Å²) in [6.07, 6.45) is 5.78. The predicted molar refractivity (Wildman–Crippen MR) is 132 cm³/mol. The van der Waals surface area contributed by atoms with Crippen molar-refractivity contribution in [1.29, 1.82) is 0 Å². The molecule has 0 spiro atoms. The molecule has 1 N–H and O–H groups in total. The molecule has 3 aromatic rings. The number of fused-ring (bicyclic) bond motifs is 1. The van der Waals surface area contributed by atoms with Crippen LogP contribution in [0.4, 0.5) is 5.82 Å². The summed E-state index contributed by atoms with van der Waals surface area (Å²) < 4.78 is 0. The Labute approximate surface area is 194 Å². The van der Waals surface area contributed by atoms with Gasteiger partial charge in [0.05, 0.1) is 5.52 Å². The Morgan fingerprint density at radius 3 is 2.39 bits per heavy atom. The molecule has 33 heavy (non-hydrogen) atoms. The molecule has 1 unspecified atom stereocenters. The molecule has 3 heterocycles. The minimum Gasteiger partial charge on any atom is -0.352 e.